The number of carboxylic acid groups (broad SMARTS) is 1. The van der Waals surface area contributed by atoms with Crippen molar-refractivity contribution in [2.24, 2.45) is 0 Å². The van der Waals surface area contributed by atoms with Crippen LogP contribution >= 0.6 is 0 Å². The number of hydrogen-bond donors (Lipinski definition) is 1. The summed E-state index contributed by atoms with van der Waals surface area (Å²) in [4.78, 5) is 10.8. The lowest BCUT2D eigenvalue weighted by atomic mass is 9.87. The number of alkyl halides is 2. The van der Waals surface area contributed by atoms with Crippen LogP contribution in [0.5, 0.6) is 0 Å². The highest BCUT2D eigenvalue weighted by molar-refractivity contribution is 7.90. The van der Waals surface area contributed by atoms with E-state index in [0.717, 1.165) is 18.2 Å². The maximum absolute atomic E-state index is 15.7. The fourth-order valence-electron chi connectivity index (χ4n) is 4.03. The van der Waals surface area contributed by atoms with Crippen molar-refractivity contribution in [3.8, 4) is 0 Å². The highest BCUT2D eigenvalue weighted by Crippen LogP contribution is 2.39. The molecule has 0 atom stereocenters. The van der Waals surface area contributed by atoms with Crippen LogP contribution in [0.3, 0.4) is 0 Å². The number of nitrogens with zero attached hydrogens (tertiary/aromatic N) is 1. The Balaban J connectivity index is 1.93. The zero-order valence-corrected chi connectivity index (χ0v) is 20.9. The second-order valence-corrected chi connectivity index (χ2v) is 11.6. The van der Waals surface area contributed by atoms with Crippen LogP contribution in [0.1, 0.15) is 48.0 Å². The van der Waals surface area contributed by atoms with Gasteiger partial charge >= 0.3 is 5.97 Å². The Bertz CT molecular complexity index is 1620. The maximum atomic E-state index is 15.7. The highest BCUT2D eigenvalue weighted by Gasteiger charge is 2.40. The standard InChI is InChI=1S/C27H23F4NO4S/c1-26(2,3)19-5-4-6-20(13-19)37(35,36)32-23-14-22(29)21(28)11-18(23)12-24(32)27(30,31)15-16-7-9-17(10-8-16)25(33)34/h4-14H,15H2,1-3H3,(H,33,34). The summed E-state index contributed by atoms with van der Waals surface area (Å²) < 4.78 is 87.5. The number of aromatic nitrogens is 1. The van der Waals surface area contributed by atoms with Crippen molar-refractivity contribution >= 4 is 26.9 Å². The predicted octanol–water partition coefficient (Wildman–Crippen LogP) is 6.49. The molecule has 0 aliphatic heterocycles. The van der Waals surface area contributed by atoms with E-state index in [2.05, 4.69) is 0 Å². The van der Waals surface area contributed by atoms with Gasteiger partial charge < -0.3 is 5.11 Å². The summed E-state index contributed by atoms with van der Waals surface area (Å²) in [5, 5.41) is 8.82. The molecular weight excluding hydrogens is 510 g/mol. The monoisotopic (exact) mass is 533 g/mol. The summed E-state index contributed by atoms with van der Waals surface area (Å²) in [6.07, 6.45) is -0.980. The van der Waals surface area contributed by atoms with E-state index in [1.165, 1.54) is 30.3 Å². The largest absolute Gasteiger partial charge is 0.478 e. The molecule has 0 aliphatic carbocycles. The van der Waals surface area contributed by atoms with Gasteiger partial charge in [-0.25, -0.2) is 26.0 Å². The van der Waals surface area contributed by atoms with Gasteiger partial charge in [0, 0.05) is 17.9 Å². The van der Waals surface area contributed by atoms with Crippen LogP contribution in [-0.4, -0.2) is 23.5 Å². The van der Waals surface area contributed by atoms with Gasteiger partial charge in [0.1, 0.15) is 5.69 Å². The van der Waals surface area contributed by atoms with Gasteiger partial charge in [0.25, 0.3) is 15.9 Å². The van der Waals surface area contributed by atoms with Crippen LogP contribution < -0.4 is 0 Å². The molecule has 0 radical (unpaired) electrons. The molecule has 0 unspecified atom stereocenters. The first kappa shape index (κ1) is 26.4. The third kappa shape index (κ3) is 4.98. The van der Waals surface area contributed by atoms with Crippen molar-refractivity contribution in [1.82, 2.24) is 3.97 Å². The van der Waals surface area contributed by atoms with Crippen molar-refractivity contribution in [3.63, 3.8) is 0 Å². The quantitative estimate of drug-likeness (QED) is 0.288. The molecule has 1 heterocycles. The van der Waals surface area contributed by atoms with Crippen molar-refractivity contribution in [1.29, 1.82) is 0 Å². The van der Waals surface area contributed by atoms with E-state index in [4.69, 9.17) is 5.11 Å². The minimum Gasteiger partial charge on any atom is -0.478 e. The summed E-state index contributed by atoms with van der Waals surface area (Å²) in [6, 6.07) is 12.6. The molecule has 0 saturated heterocycles. The predicted molar refractivity (Wildman–Crippen MR) is 131 cm³/mol. The van der Waals surface area contributed by atoms with E-state index in [1.54, 1.807) is 6.07 Å². The van der Waals surface area contributed by atoms with Crippen molar-refractivity contribution in [3.05, 3.63) is 101 Å². The van der Waals surface area contributed by atoms with E-state index in [-0.39, 0.29) is 21.4 Å². The molecule has 3 aromatic carbocycles. The van der Waals surface area contributed by atoms with Gasteiger partial charge in [0.05, 0.1) is 16.0 Å². The van der Waals surface area contributed by atoms with E-state index in [9.17, 15) is 22.0 Å². The zero-order chi connectivity index (χ0) is 27.3. The van der Waals surface area contributed by atoms with Gasteiger partial charge in [-0.1, -0.05) is 45.0 Å². The van der Waals surface area contributed by atoms with Crippen LogP contribution in [0.4, 0.5) is 17.6 Å². The second-order valence-electron chi connectivity index (χ2n) is 9.79. The number of hydrogen-bond acceptors (Lipinski definition) is 3. The summed E-state index contributed by atoms with van der Waals surface area (Å²) >= 11 is 0. The molecule has 1 N–H and O–H groups in total. The van der Waals surface area contributed by atoms with Crippen LogP contribution in [0.2, 0.25) is 0 Å². The van der Waals surface area contributed by atoms with E-state index >= 15 is 8.78 Å². The lowest BCUT2D eigenvalue weighted by Crippen LogP contribution is -2.26. The fraction of sp³-hybridized carbons (Fsp3) is 0.222. The normalized spacial score (nSPS) is 12.7. The maximum Gasteiger partial charge on any atom is 0.335 e. The fourth-order valence-corrected chi connectivity index (χ4v) is 5.63. The smallest absolute Gasteiger partial charge is 0.335 e. The minimum absolute atomic E-state index is 0.0382. The van der Waals surface area contributed by atoms with Gasteiger partial charge in [-0.3, -0.25) is 0 Å². The molecule has 0 saturated carbocycles. The van der Waals surface area contributed by atoms with Crippen molar-refractivity contribution in [2.45, 2.75) is 43.4 Å². The number of fused-ring (bicyclic) bond motifs is 1. The molecule has 10 heteroatoms. The number of halogens is 4. The lowest BCUT2D eigenvalue weighted by Gasteiger charge is -2.22. The SMILES string of the molecule is CC(C)(C)c1cccc(S(=O)(=O)n2c(C(F)(F)Cc3ccc(C(=O)O)cc3)cc3cc(F)c(F)cc32)c1. The molecule has 0 amide bonds. The third-order valence-electron chi connectivity index (χ3n) is 6.04. The van der Waals surface area contributed by atoms with Crippen molar-refractivity contribution in [2.75, 3.05) is 0 Å². The molecule has 0 spiro atoms. The van der Waals surface area contributed by atoms with Crippen LogP contribution in [0.25, 0.3) is 10.9 Å². The average Bonchev–Trinajstić information content (AvgIpc) is 3.19. The first-order chi connectivity index (χ1) is 17.1. The molecule has 37 heavy (non-hydrogen) atoms. The Morgan fingerprint density at radius 1 is 0.919 bits per heavy atom. The number of rotatable bonds is 6. The Morgan fingerprint density at radius 2 is 1.54 bits per heavy atom. The summed E-state index contributed by atoms with van der Waals surface area (Å²) in [5.74, 6) is -7.74. The van der Waals surface area contributed by atoms with E-state index in [0.29, 0.717) is 21.7 Å². The van der Waals surface area contributed by atoms with E-state index in [1.807, 2.05) is 20.8 Å². The molecule has 4 rings (SSSR count). The minimum atomic E-state index is -4.69. The second kappa shape index (κ2) is 9.02. The molecule has 4 aromatic rings. The van der Waals surface area contributed by atoms with Gasteiger partial charge in [0.2, 0.25) is 0 Å². The molecule has 194 valence electrons. The third-order valence-corrected chi connectivity index (χ3v) is 7.76. The average molecular weight is 534 g/mol. The molecule has 5 nitrogen and oxygen atoms in total. The van der Waals surface area contributed by atoms with Gasteiger partial charge in [0.15, 0.2) is 11.6 Å². The molecular formula is C27H23F4NO4S. The molecule has 0 fully saturated rings. The zero-order valence-electron chi connectivity index (χ0n) is 20.1. The molecule has 1 aromatic heterocycles. The van der Waals surface area contributed by atoms with Gasteiger partial charge in [-0.2, -0.15) is 8.78 Å². The number of carbonyl (C=O) groups is 1. The van der Waals surface area contributed by atoms with E-state index < -0.39 is 56.6 Å². The van der Waals surface area contributed by atoms with Crippen LogP contribution in [-0.2, 0) is 27.8 Å². The first-order valence-electron chi connectivity index (χ1n) is 11.2. The summed E-state index contributed by atoms with van der Waals surface area (Å²) in [5.41, 5.74) is -1.29. The summed E-state index contributed by atoms with van der Waals surface area (Å²) in [6.45, 7) is 5.57. The summed E-state index contributed by atoms with van der Waals surface area (Å²) in [7, 11) is -4.69. The topological polar surface area (TPSA) is 76.4 Å². The number of benzene rings is 3. The Morgan fingerprint density at radius 3 is 2.14 bits per heavy atom. The molecule has 0 aliphatic rings. The number of aromatic carboxylic acids is 1. The lowest BCUT2D eigenvalue weighted by molar-refractivity contribution is -0.00879. The van der Waals surface area contributed by atoms with Gasteiger partial charge in [-0.15, -0.1) is 0 Å². The first-order valence-corrected chi connectivity index (χ1v) is 12.6. The van der Waals surface area contributed by atoms with Crippen LogP contribution in [0, 0.1) is 11.6 Å². The highest BCUT2D eigenvalue weighted by atomic mass is 32.2. The molecule has 0 bridgehead atoms. The Kier molecular flexibility index (Phi) is 6.44. The van der Waals surface area contributed by atoms with Crippen LogP contribution in [0.15, 0.2) is 71.6 Å². The Labute approximate surface area is 211 Å². The number of carboxylic acids is 1. The van der Waals surface area contributed by atoms with Gasteiger partial charge in [-0.05, 0) is 52.9 Å². The van der Waals surface area contributed by atoms with Crippen molar-refractivity contribution < 1.29 is 35.9 Å². The Hall–Kier alpha value is -3.66.